The molecule has 0 saturated carbocycles. The highest BCUT2D eigenvalue weighted by molar-refractivity contribution is 7.89. The van der Waals surface area contributed by atoms with Gasteiger partial charge in [0.2, 0.25) is 10.0 Å². The van der Waals surface area contributed by atoms with Crippen molar-refractivity contribution in [1.29, 1.82) is 0 Å². The number of hydrogen-bond acceptors (Lipinski definition) is 4. The van der Waals surface area contributed by atoms with E-state index < -0.39 is 10.0 Å². The van der Waals surface area contributed by atoms with E-state index in [9.17, 15) is 8.42 Å². The molecular weight excluding hydrogens is 238 g/mol. The maximum absolute atomic E-state index is 11.7. The molecule has 1 heterocycles. The zero-order valence-electron chi connectivity index (χ0n) is 10.9. The van der Waals surface area contributed by atoms with Gasteiger partial charge in [0.05, 0.1) is 5.75 Å². The zero-order chi connectivity index (χ0) is 12.7. The summed E-state index contributed by atoms with van der Waals surface area (Å²) in [6.07, 6.45) is 2.12. The molecular formula is C11H25N3O2S. The lowest BCUT2D eigenvalue weighted by Gasteiger charge is -2.12. The molecule has 1 atom stereocenters. The average molecular weight is 263 g/mol. The van der Waals surface area contributed by atoms with Crippen LogP contribution in [0.25, 0.3) is 0 Å². The molecule has 17 heavy (non-hydrogen) atoms. The van der Waals surface area contributed by atoms with Crippen molar-refractivity contribution in [2.75, 3.05) is 45.5 Å². The van der Waals surface area contributed by atoms with Crippen molar-refractivity contribution in [2.45, 2.75) is 19.8 Å². The third-order valence-corrected chi connectivity index (χ3v) is 4.40. The Bertz CT molecular complexity index is 306. The molecule has 1 unspecified atom stereocenters. The lowest BCUT2D eigenvalue weighted by molar-refractivity contribution is 0.394. The molecule has 6 heteroatoms. The van der Waals surface area contributed by atoms with Gasteiger partial charge in [0.15, 0.2) is 0 Å². The van der Waals surface area contributed by atoms with E-state index in [1.54, 1.807) is 0 Å². The van der Waals surface area contributed by atoms with Crippen LogP contribution in [0.2, 0.25) is 0 Å². The van der Waals surface area contributed by atoms with Crippen LogP contribution in [0, 0.1) is 5.92 Å². The van der Waals surface area contributed by atoms with Crippen LogP contribution in [0.3, 0.4) is 0 Å². The molecule has 102 valence electrons. The number of rotatable bonds is 8. The van der Waals surface area contributed by atoms with Crippen molar-refractivity contribution in [3.05, 3.63) is 0 Å². The van der Waals surface area contributed by atoms with Crippen LogP contribution in [-0.4, -0.2) is 58.8 Å². The van der Waals surface area contributed by atoms with E-state index in [4.69, 9.17) is 0 Å². The lowest BCUT2D eigenvalue weighted by Crippen LogP contribution is -2.35. The van der Waals surface area contributed by atoms with Gasteiger partial charge in [-0.25, -0.2) is 13.1 Å². The molecule has 1 fully saturated rings. The molecule has 1 aliphatic heterocycles. The van der Waals surface area contributed by atoms with Gasteiger partial charge in [-0.1, -0.05) is 6.92 Å². The summed E-state index contributed by atoms with van der Waals surface area (Å²) in [6.45, 7) is 6.13. The monoisotopic (exact) mass is 263 g/mol. The second-order valence-electron chi connectivity index (χ2n) is 4.83. The van der Waals surface area contributed by atoms with Crippen molar-refractivity contribution >= 4 is 10.0 Å². The highest BCUT2D eigenvalue weighted by atomic mass is 32.2. The molecule has 0 radical (unpaired) electrons. The number of hydrogen-bond donors (Lipinski definition) is 2. The van der Waals surface area contributed by atoms with Crippen molar-refractivity contribution in [1.82, 2.24) is 14.9 Å². The average Bonchev–Trinajstić information content (AvgIpc) is 2.68. The fourth-order valence-electron chi connectivity index (χ4n) is 2.02. The minimum atomic E-state index is -3.10. The van der Waals surface area contributed by atoms with Crippen molar-refractivity contribution in [3.8, 4) is 0 Å². The molecule has 0 aliphatic carbocycles. The number of nitrogens with zero attached hydrogens (tertiary/aromatic N) is 1. The minimum absolute atomic E-state index is 0.176. The molecule has 1 aliphatic rings. The van der Waals surface area contributed by atoms with Crippen LogP contribution in [-0.2, 0) is 10.0 Å². The summed E-state index contributed by atoms with van der Waals surface area (Å²) >= 11 is 0. The molecule has 0 amide bonds. The first-order valence-electron chi connectivity index (χ1n) is 6.40. The van der Waals surface area contributed by atoms with Crippen LogP contribution in [0.5, 0.6) is 0 Å². The quantitative estimate of drug-likeness (QED) is 0.598. The summed E-state index contributed by atoms with van der Waals surface area (Å²) in [4.78, 5) is 2.24. The Morgan fingerprint density at radius 1 is 1.35 bits per heavy atom. The topological polar surface area (TPSA) is 61.4 Å². The molecule has 2 N–H and O–H groups in total. The summed E-state index contributed by atoms with van der Waals surface area (Å²) < 4.78 is 26.0. The van der Waals surface area contributed by atoms with Crippen molar-refractivity contribution in [3.63, 3.8) is 0 Å². The van der Waals surface area contributed by atoms with Gasteiger partial charge in [-0.15, -0.1) is 0 Å². The van der Waals surface area contributed by atoms with E-state index in [-0.39, 0.29) is 5.75 Å². The Morgan fingerprint density at radius 2 is 2.12 bits per heavy atom. The van der Waals surface area contributed by atoms with E-state index in [1.165, 1.54) is 0 Å². The van der Waals surface area contributed by atoms with Gasteiger partial charge < -0.3 is 10.2 Å². The maximum atomic E-state index is 11.7. The Morgan fingerprint density at radius 3 is 2.71 bits per heavy atom. The Balaban J connectivity index is 2.16. The Labute approximate surface area is 105 Å². The SMILES string of the molecule is CCCNCCS(=O)(=O)NCC1CCN(C)C1. The van der Waals surface area contributed by atoms with Gasteiger partial charge in [0.1, 0.15) is 0 Å². The first-order valence-corrected chi connectivity index (χ1v) is 8.05. The Kier molecular flexibility index (Phi) is 6.40. The van der Waals surface area contributed by atoms with Gasteiger partial charge in [0, 0.05) is 19.6 Å². The highest BCUT2D eigenvalue weighted by Crippen LogP contribution is 2.13. The normalized spacial score (nSPS) is 22.1. The van der Waals surface area contributed by atoms with Gasteiger partial charge in [-0.2, -0.15) is 0 Å². The molecule has 0 aromatic carbocycles. The first kappa shape index (κ1) is 14.9. The smallest absolute Gasteiger partial charge is 0.212 e. The standard InChI is InChI=1S/C11H25N3O2S/c1-3-5-12-6-8-17(15,16)13-9-11-4-7-14(2)10-11/h11-13H,3-10H2,1-2H3. The van der Waals surface area contributed by atoms with Crippen LogP contribution in [0.4, 0.5) is 0 Å². The molecule has 0 aromatic rings. The minimum Gasteiger partial charge on any atom is -0.316 e. The van der Waals surface area contributed by atoms with Crippen molar-refractivity contribution < 1.29 is 8.42 Å². The third-order valence-electron chi connectivity index (χ3n) is 3.06. The van der Waals surface area contributed by atoms with E-state index in [0.717, 1.165) is 32.5 Å². The third kappa shape index (κ3) is 6.35. The zero-order valence-corrected chi connectivity index (χ0v) is 11.7. The van der Waals surface area contributed by atoms with Crippen LogP contribution >= 0.6 is 0 Å². The van der Waals surface area contributed by atoms with E-state index in [2.05, 4.69) is 28.9 Å². The Hall–Kier alpha value is -0.170. The molecule has 1 rings (SSSR count). The summed E-state index contributed by atoms with van der Waals surface area (Å²) in [5.74, 6) is 0.647. The molecule has 0 spiro atoms. The lowest BCUT2D eigenvalue weighted by atomic mass is 10.1. The summed E-state index contributed by atoms with van der Waals surface area (Å²) in [5.41, 5.74) is 0. The van der Waals surface area contributed by atoms with Gasteiger partial charge in [-0.05, 0) is 38.9 Å². The van der Waals surface area contributed by atoms with Gasteiger partial charge in [-0.3, -0.25) is 0 Å². The second-order valence-corrected chi connectivity index (χ2v) is 6.76. The molecule has 5 nitrogen and oxygen atoms in total. The molecule has 0 aromatic heterocycles. The first-order chi connectivity index (χ1) is 8.03. The summed E-state index contributed by atoms with van der Waals surface area (Å²) in [6, 6.07) is 0. The van der Waals surface area contributed by atoms with Gasteiger partial charge in [0.25, 0.3) is 0 Å². The van der Waals surface area contributed by atoms with E-state index in [1.807, 2.05) is 0 Å². The van der Waals surface area contributed by atoms with Crippen LogP contribution in [0.1, 0.15) is 19.8 Å². The van der Waals surface area contributed by atoms with Gasteiger partial charge >= 0.3 is 0 Å². The van der Waals surface area contributed by atoms with Crippen LogP contribution in [0.15, 0.2) is 0 Å². The second kappa shape index (κ2) is 7.31. The fourth-order valence-corrected chi connectivity index (χ4v) is 3.07. The summed E-state index contributed by atoms with van der Waals surface area (Å²) in [7, 11) is -1.03. The van der Waals surface area contributed by atoms with Crippen molar-refractivity contribution in [2.24, 2.45) is 5.92 Å². The predicted molar refractivity (Wildman–Crippen MR) is 70.6 cm³/mol. The van der Waals surface area contributed by atoms with E-state index in [0.29, 0.717) is 19.0 Å². The maximum Gasteiger partial charge on any atom is 0.212 e. The largest absolute Gasteiger partial charge is 0.316 e. The highest BCUT2D eigenvalue weighted by Gasteiger charge is 2.21. The molecule has 1 saturated heterocycles. The van der Waals surface area contributed by atoms with E-state index >= 15 is 0 Å². The number of nitrogens with one attached hydrogen (secondary N) is 2. The predicted octanol–water partition coefficient (Wildman–Crippen LogP) is -0.143. The number of likely N-dealkylation sites (tertiary alicyclic amines) is 1. The number of sulfonamides is 1. The molecule has 0 bridgehead atoms. The fraction of sp³-hybridized carbons (Fsp3) is 1.00. The van der Waals surface area contributed by atoms with Crippen LogP contribution < -0.4 is 10.0 Å². The summed E-state index contributed by atoms with van der Waals surface area (Å²) in [5, 5.41) is 3.10.